The van der Waals surface area contributed by atoms with Crippen LogP contribution >= 0.6 is 0 Å². The Labute approximate surface area is 132 Å². The van der Waals surface area contributed by atoms with Crippen molar-refractivity contribution in [2.24, 2.45) is 5.92 Å². The van der Waals surface area contributed by atoms with Crippen LogP contribution in [0.4, 0.5) is 0 Å². The van der Waals surface area contributed by atoms with Crippen molar-refractivity contribution in [2.75, 3.05) is 19.7 Å². The summed E-state index contributed by atoms with van der Waals surface area (Å²) in [6.07, 6.45) is 8.53. The third kappa shape index (κ3) is 2.95. The Morgan fingerprint density at radius 1 is 1.50 bits per heavy atom. The van der Waals surface area contributed by atoms with E-state index in [2.05, 4.69) is 29.5 Å². The second-order valence-corrected chi connectivity index (χ2v) is 6.20. The minimum absolute atomic E-state index is 0.103. The van der Waals surface area contributed by atoms with Crippen molar-refractivity contribution in [1.82, 2.24) is 14.5 Å². The molecule has 0 aromatic carbocycles. The van der Waals surface area contributed by atoms with E-state index in [0.29, 0.717) is 6.61 Å². The molecule has 3 rings (SSSR count). The molecule has 0 bridgehead atoms. The maximum absolute atomic E-state index is 12.9. The van der Waals surface area contributed by atoms with Crippen molar-refractivity contribution in [2.45, 2.75) is 45.8 Å². The number of nitrogens with zero attached hydrogens (tertiary/aromatic N) is 3. The van der Waals surface area contributed by atoms with Crippen LogP contribution in [0.25, 0.3) is 0 Å². The van der Waals surface area contributed by atoms with Crippen LogP contribution in [0.2, 0.25) is 0 Å². The smallest absolute Gasteiger partial charge is 0.229 e. The summed E-state index contributed by atoms with van der Waals surface area (Å²) >= 11 is 0. The predicted molar refractivity (Wildman–Crippen MR) is 84.3 cm³/mol. The molecule has 0 radical (unpaired) electrons. The van der Waals surface area contributed by atoms with E-state index in [4.69, 9.17) is 4.74 Å². The normalized spacial score (nSPS) is 25.9. The number of rotatable bonds is 3. The van der Waals surface area contributed by atoms with Gasteiger partial charge in [0.15, 0.2) is 0 Å². The first kappa shape index (κ1) is 15.3. The summed E-state index contributed by atoms with van der Waals surface area (Å²) in [5.74, 6) is 1.01. The third-order valence-corrected chi connectivity index (χ3v) is 4.73. The van der Waals surface area contributed by atoms with Crippen molar-refractivity contribution in [3.8, 4) is 0 Å². The highest BCUT2D eigenvalue weighted by molar-refractivity contribution is 5.80. The number of amides is 1. The van der Waals surface area contributed by atoms with Crippen LogP contribution < -0.4 is 0 Å². The van der Waals surface area contributed by atoms with E-state index >= 15 is 0 Å². The van der Waals surface area contributed by atoms with E-state index < -0.39 is 0 Å². The van der Waals surface area contributed by atoms with E-state index in [-0.39, 0.29) is 17.9 Å². The first-order valence-electron chi connectivity index (χ1n) is 8.27. The van der Waals surface area contributed by atoms with Crippen molar-refractivity contribution in [3.05, 3.63) is 29.9 Å². The molecule has 0 saturated carbocycles. The van der Waals surface area contributed by atoms with Crippen molar-refractivity contribution in [3.63, 3.8) is 0 Å². The molecule has 1 amide bonds. The number of aromatic nitrogens is 2. The lowest BCUT2D eigenvalue weighted by Gasteiger charge is -2.35. The molecule has 1 aromatic heterocycles. The second kappa shape index (κ2) is 6.65. The lowest BCUT2D eigenvalue weighted by molar-refractivity contribution is -0.145. The summed E-state index contributed by atoms with van der Waals surface area (Å²) in [6.45, 7) is 7.34. The van der Waals surface area contributed by atoms with Crippen LogP contribution in [0, 0.1) is 5.92 Å². The van der Waals surface area contributed by atoms with Crippen molar-refractivity contribution >= 4 is 5.91 Å². The Bertz CT molecular complexity index is 564. The summed E-state index contributed by atoms with van der Waals surface area (Å²) in [6, 6.07) is 0. The van der Waals surface area contributed by atoms with Crippen LogP contribution in [0.3, 0.4) is 0 Å². The molecule has 3 heterocycles. The summed E-state index contributed by atoms with van der Waals surface area (Å²) in [4.78, 5) is 19.4. The predicted octanol–water partition coefficient (Wildman–Crippen LogP) is 2.55. The van der Waals surface area contributed by atoms with E-state index in [9.17, 15) is 4.79 Å². The molecule has 2 atom stereocenters. The fraction of sp³-hybridized carbons (Fsp3) is 0.647. The van der Waals surface area contributed by atoms with Gasteiger partial charge in [-0.2, -0.15) is 0 Å². The standard InChI is InChI=1S/C17H25N3O2/c1-3-19-11-8-18-16(19)15-14(5-4-12-22-15)17(21)20-9-6-13(2)7-10-20/h6,8,11,14-15H,3-5,7,9-10,12H2,1-2H3/t14-,15-/m1/s1. The summed E-state index contributed by atoms with van der Waals surface area (Å²) in [5.41, 5.74) is 1.38. The van der Waals surface area contributed by atoms with Crippen molar-refractivity contribution < 1.29 is 9.53 Å². The molecule has 5 nitrogen and oxygen atoms in total. The van der Waals surface area contributed by atoms with E-state index in [1.807, 2.05) is 11.1 Å². The van der Waals surface area contributed by atoms with Gasteiger partial charge >= 0.3 is 0 Å². The Hall–Kier alpha value is -1.62. The number of hydrogen-bond acceptors (Lipinski definition) is 3. The minimum Gasteiger partial charge on any atom is -0.369 e. The van der Waals surface area contributed by atoms with E-state index in [1.54, 1.807) is 6.20 Å². The molecule has 120 valence electrons. The van der Waals surface area contributed by atoms with Gasteiger partial charge in [0.25, 0.3) is 0 Å². The summed E-state index contributed by atoms with van der Waals surface area (Å²) in [7, 11) is 0. The average Bonchev–Trinajstić information content (AvgIpc) is 3.03. The maximum Gasteiger partial charge on any atom is 0.229 e. The molecular formula is C17H25N3O2. The Kier molecular flexibility index (Phi) is 4.62. The minimum atomic E-state index is -0.205. The van der Waals surface area contributed by atoms with Crippen molar-refractivity contribution in [1.29, 1.82) is 0 Å². The zero-order valence-corrected chi connectivity index (χ0v) is 13.5. The number of carbonyl (C=O) groups excluding carboxylic acids is 1. The van der Waals surface area contributed by atoms with Crippen LogP contribution in [0.5, 0.6) is 0 Å². The molecule has 22 heavy (non-hydrogen) atoms. The molecule has 2 aliphatic rings. The van der Waals surface area contributed by atoms with Gasteiger partial charge in [0, 0.05) is 38.6 Å². The summed E-state index contributed by atoms with van der Waals surface area (Å²) in [5, 5.41) is 0. The van der Waals surface area contributed by atoms with Gasteiger partial charge in [0.2, 0.25) is 5.91 Å². The molecule has 2 aliphatic heterocycles. The number of aryl methyl sites for hydroxylation is 1. The van der Waals surface area contributed by atoms with Gasteiger partial charge in [-0.3, -0.25) is 4.79 Å². The number of ether oxygens (including phenoxy) is 1. The van der Waals surface area contributed by atoms with Gasteiger partial charge in [-0.1, -0.05) is 11.6 Å². The second-order valence-electron chi connectivity index (χ2n) is 6.20. The zero-order chi connectivity index (χ0) is 15.5. The van der Waals surface area contributed by atoms with Gasteiger partial charge in [-0.25, -0.2) is 4.98 Å². The number of carbonyl (C=O) groups is 1. The van der Waals surface area contributed by atoms with E-state index in [0.717, 1.165) is 44.7 Å². The Morgan fingerprint density at radius 2 is 2.36 bits per heavy atom. The fourth-order valence-electron chi connectivity index (χ4n) is 3.34. The topological polar surface area (TPSA) is 47.4 Å². The molecule has 5 heteroatoms. The largest absolute Gasteiger partial charge is 0.369 e. The van der Waals surface area contributed by atoms with E-state index in [1.165, 1.54) is 5.57 Å². The molecule has 0 N–H and O–H groups in total. The zero-order valence-electron chi connectivity index (χ0n) is 13.5. The molecule has 0 aliphatic carbocycles. The molecule has 1 fully saturated rings. The summed E-state index contributed by atoms with van der Waals surface area (Å²) < 4.78 is 8.04. The average molecular weight is 303 g/mol. The highest BCUT2D eigenvalue weighted by atomic mass is 16.5. The highest BCUT2D eigenvalue weighted by Gasteiger charge is 2.37. The van der Waals surface area contributed by atoms with Gasteiger partial charge in [-0.05, 0) is 33.1 Å². The van der Waals surface area contributed by atoms with Gasteiger partial charge in [-0.15, -0.1) is 0 Å². The molecule has 0 spiro atoms. The molecule has 1 aromatic rings. The quantitative estimate of drug-likeness (QED) is 0.806. The lowest BCUT2D eigenvalue weighted by atomic mass is 9.91. The van der Waals surface area contributed by atoms with Crippen LogP contribution in [0.1, 0.15) is 45.0 Å². The van der Waals surface area contributed by atoms with Crippen LogP contribution in [0.15, 0.2) is 24.0 Å². The monoisotopic (exact) mass is 303 g/mol. The fourth-order valence-corrected chi connectivity index (χ4v) is 3.34. The number of imidazole rings is 1. The van der Waals surface area contributed by atoms with Crippen LogP contribution in [-0.2, 0) is 16.1 Å². The van der Waals surface area contributed by atoms with Gasteiger partial charge < -0.3 is 14.2 Å². The maximum atomic E-state index is 12.9. The molecule has 0 unspecified atom stereocenters. The third-order valence-electron chi connectivity index (χ3n) is 4.73. The van der Waals surface area contributed by atoms with Gasteiger partial charge in [0.05, 0.1) is 5.92 Å². The first-order valence-corrected chi connectivity index (χ1v) is 8.27. The first-order chi connectivity index (χ1) is 10.7. The van der Waals surface area contributed by atoms with Crippen LogP contribution in [-0.4, -0.2) is 40.1 Å². The SMILES string of the molecule is CCn1ccnc1[C@@H]1OCCC[C@H]1C(=O)N1CC=C(C)CC1. The number of hydrogen-bond donors (Lipinski definition) is 0. The lowest BCUT2D eigenvalue weighted by Crippen LogP contribution is -2.43. The molecular weight excluding hydrogens is 278 g/mol. The molecule has 1 saturated heterocycles. The highest BCUT2D eigenvalue weighted by Crippen LogP contribution is 2.34. The Morgan fingerprint density at radius 3 is 3.09 bits per heavy atom. The Balaban J connectivity index is 1.79. The van der Waals surface area contributed by atoms with Gasteiger partial charge in [0.1, 0.15) is 11.9 Å².